The van der Waals surface area contributed by atoms with E-state index in [1.165, 1.54) is 6.20 Å². The van der Waals surface area contributed by atoms with Gasteiger partial charge in [0.15, 0.2) is 17.5 Å². The van der Waals surface area contributed by atoms with Crippen molar-refractivity contribution in [3.63, 3.8) is 0 Å². The third-order valence-electron chi connectivity index (χ3n) is 10.2. The van der Waals surface area contributed by atoms with Crippen molar-refractivity contribution in [2.24, 2.45) is 0 Å². The number of fused-ring (bicyclic) bond motifs is 1. The van der Waals surface area contributed by atoms with Gasteiger partial charge in [-0.3, -0.25) is 4.79 Å². The lowest BCUT2D eigenvalue weighted by Gasteiger charge is -2.37. The fraction of sp³-hybridized carbons (Fsp3) is 0.200. The topological polar surface area (TPSA) is 100 Å². The maximum absolute atomic E-state index is 15.4. The van der Waals surface area contributed by atoms with Crippen LogP contribution in [0.15, 0.2) is 140 Å². The molecule has 282 valence electrons. The average Bonchev–Trinajstić information content (AvgIpc) is 3.58. The summed E-state index contributed by atoms with van der Waals surface area (Å²) in [6, 6.07) is 44.0. The molecule has 0 aliphatic carbocycles. The molecular formula is C45H43FN8O2. The molecule has 3 heterocycles. The fourth-order valence-electron chi connectivity index (χ4n) is 7.42. The van der Waals surface area contributed by atoms with Crippen LogP contribution in [0.4, 0.5) is 27.7 Å². The molecule has 0 saturated carbocycles. The number of nitrogens with one attached hydrogen (secondary N) is 2. The van der Waals surface area contributed by atoms with Crippen LogP contribution in [-0.4, -0.2) is 70.4 Å². The van der Waals surface area contributed by atoms with Gasteiger partial charge in [-0.15, -0.1) is 0 Å². The van der Waals surface area contributed by atoms with Crippen LogP contribution >= 0.6 is 0 Å². The highest BCUT2D eigenvalue weighted by atomic mass is 19.1. The number of carbonyl (C=O) groups excluding carboxylic acids is 1. The van der Waals surface area contributed by atoms with E-state index < -0.39 is 11.4 Å². The minimum atomic E-state index is -0.953. The molecule has 1 aliphatic heterocycles. The van der Waals surface area contributed by atoms with Crippen molar-refractivity contribution in [3.8, 4) is 5.75 Å². The fourth-order valence-corrected chi connectivity index (χ4v) is 7.42. The number of benzene rings is 5. The molecule has 1 amide bonds. The number of nitrogens with zero attached hydrogens (tertiary/aromatic N) is 6. The van der Waals surface area contributed by atoms with Gasteiger partial charge in [-0.2, -0.15) is 10.1 Å². The van der Waals surface area contributed by atoms with Crippen molar-refractivity contribution in [2.45, 2.75) is 18.9 Å². The first kappa shape index (κ1) is 36.4. The smallest absolute Gasteiger partial charge is 0.230 e. The Bertz CT molecular complexity index is 2320. The van der Waals surface area contributed by atoms with Crippen molar-refractivity contribution in [3.05, 3.63) is 168 Å². The van der Waals surface area contributed by atoms with Gasteiger partial charge in [0.25, 0.3) is 0 Å². The predicted molar refractivity (Wildman–Crippen MR) is 219 cm³/mol. The first-order valence-electron chi connectivity index (χ1n) is 18.9. The summed E-state index contributed by atoms with van der Waals surface area (Å²) >= 11 is 0. The van der Waals surface area contributed by atoms with E-state index in [0.29, 0.717) is 29.4 Å². The highest BCUT2D eigenvalue weighted by Gasteiger charge is 2.41. The molecule has 0 atom stereocenters. The number of anilines is 4. The molecule has 1 saturated heterocycles. The minimum absolute atomic E-state index is 0.0639. The summed E-state index contributed by atoms with van der Waals surface area (Å²) in [6.45, 7) is 5.73. The van der Waals surface area contributed by atoms with Crippen molar-refractivity contribution >= 4 is 40.1 Å². The number of carbonyl (C=O) groups is 1. The number of hydrogen-bond acceptors (Lipinski definition) is 8. The molecular weight excluding hydrogens is 704 g/mol. The summed E-state index contributed by atoms with van der Waals surface area (Å²) in [5.41, 5.74) is 4.16. The first-order valence-corrected chi connectivity index (χ1v) is 18.9. The Morgan fingerprint density at radius 1 is 0.786 bits per heavy atom. The zero-order valence-corrected chi connectivity index (χ0v) is 31.4. The Balaban J connectivity index is 1.26. The van der Waals surface area contributed by atoms with E-state index in [1.807, 2.05) is 109 Å². The zero-order valence-electron chi connectivity index (χ0n) is 31.4. The van der Waals surface area contributed by atoms with Crippen LogP contribution in [-0.2, 0) is 16.8 Å². The largest absolute Gasteiger partial charge is 0.494 e. The summed E-state index contributed by atoms with van der Waals surface area (Å²) in [5, 5.41) is 12.3. The molecule has 0 radical (unpaired) electrons. The van der Waals surface area contributed by atoms with Gasteiger partial charge in [0.2, 0.25) is 11.9 Å². The van der Waals surface area contributed by atoms with Crippen LogP contribution in [0.2, 0.25) is 0 Å². The summed E-state index contributed by atoms with van der Waals surface area (Å²) in [6.07, 6.45) is 1.33. The van der Waals surface area contributed by atoms with E-state index in [0.717, 1.165) is 59.7 Å². The number of rotatable bonds is 12. The Labute approximate surface area is 325 Å². The van der Waals surface area contributed by atoms with Crippen LogP contribution in [0.3, 0.4) is 0 Å². The number of aromatic nitrogens is 4. The summed E-state index contributed by atoms with van der Waals surface area (Å²) in [5.74, 6) is 0.844. The second-order valence-corrected chi connectivity index (χ2v) is 13.9. The van der Waals surface area contributed by atoms with Gasteiger partial charge in [-0.1, -0.05) is 103 Å². The van der Waals surface area contributed by atoms with Crippen LogP contribution < -0.4 is 20.3 Å². The summed E-state index contributed by atoms with van der Waals surface area (Å²) in [4.78, 5) is 27.1. The van der Waals surface area contributed by atoms with Crippen LogP contribution in [0.25, 0.3) is 10.9 Å². The van der Waals surface area contributed by atoms with E-state index >= 15 is 4.39 Å². The number of halogens is 1. The van der Waals surface area contributed by atoms with E-state index in [4.69, 9.17) is 9.84 Å². The molecule has 10 nitrogen and oxygen atoms in total. The second-order valence-electron chi connectivity index (χ2n) is 13.9. The summed E-state index contributed by atoms with van der Waals surface area (Å²) in [7, 11) is 2.08. The van der Waals surface area contributed by atoms with E-state index in [1.54, 1.807) is 0 Å². The highest BCUT2D eigenvalue weighted by molar-refractivity contribution is 6.02. The summed E-state index contributed by atoms with van der Waals surface area (Å²) < 4.78 is 22.9. The standard InChI is InChI=1S/C45H43FN8O2/c1-3-56-37-22-19-32(20-23-37)29-41(55)49-42-38-30-36(48-43-39(46)31-47-44(50-43)53-27-25-52(2)26-28-53)21-24-40(38)54(51-42)45(33-13-7-4-8-14-33,34-15-9-5-10-16-34)35-17-11-6-12-18-35/h4-24,30-31H,3,25-29H2,1-2H3,(H,47,48,50)(H,49,51,55). The molecule has 11 heteroatoms. The van der Waals surface area contributed by atoms with E-state index in [2.05, 4.69) is 73.8 Å². The van der Waals surface area contributed by atoms with Crippen LogP contribution in [0.1, 0.15) is 29.2 Å². The number of hydrogen-bond donors (Lipinski definition) is 2. The monoisotopic (exact) mass is 746 g/mol. The van der Waals surface area contributed by atoms with Crippen LogP contribution in [0.5, 0.6) is 5.75 Å². The average molecular weight is 747 g/mol. The number of ether oxygens (including phenoxy) is 1. The Morgan fingerprint density at radius 2 is 1.39 bits per heavy atom. The van der Waals surface area contributed by atoms with Crippen LogP contribution in [0, 0.1) is 5.82 Å². The third kappa shape index (κ3) is 7.28. The SMILES string of the molecule is CCOc1ccc(CC(=O)Nc2nn(C(c3ccccc3)(c3ccccc3)c3ccccc3)c3ccc(Nc4nc(N5CCN(C)CC5)ncc4F)cc23)cc1. The minimum Gasteiger partial charge on any atom is -0.494 e. The molecule has 8 rings (SSSR count). The molecule has 2 N–H and O–H groups in total. The number of likely N-dealkylation sites (N-methyl/N-ethyl adjacent to an activating group) is 1. The molecule has 56 heavy (non-hydrogen) atoms. The Hall–Kier alpha value is -6.59. The second kappa shape index (κ2) is 16.0. The molecule has 5 aromatic carbocycles. The maximum Gasteiger partial charge on any atom is 0.230 e. The van der Waals surface area contributed by atoms with Crippen molar-refractivity contribution < 1.29 is 13.9 Å². The molecule has 1 fully saturated rings. The Kier molecular flexibility index (Phi) is 10.4. The third-order valence-corrected chi connectivity index (χ3v) is 10.2. The van der Waals surface area contributed by atoms with Crippen molar-refractivity contribution in [1.29, 1.82) is 0 Å². The highest BCUT2D eigenvalue weighted by Crippen LogP contribution is 2.44. The quantitative estimate of drug-likeness (QED) is 0.122. The lowest BCUT2D eigenvalue weighted by Crippen LogP contribution is -2.45. The molecule has 2 aromatic heterocycles. The number of amides is 1. The van der Waals surface area contributed by atoms with Gasteiger partial charge in [0.05, 0.1) is 24.7 Å². The molecule has 0 bridgehead atoms. The normalized spacial score (nSPS) is 13.4. The molecule has 1 aliphatic rings. The van der Waals surface area contributed by atoms with Gasteiger partial charge >= 0.3 is 0 Å². The van der Waals surface area contributed by atoms with E-state index in [-0.39, 0.29) is 18.1 Å². The lowest BCUT2D eigenvalue weighted by molar-refractivity contribution is -0.115. The predicted octanol–water partition coefficient (Wildman–Crippen LogP) is 7.88. The maximum atomic E-state index is 15.4. The number of piperazine rings is 1. The molecule has 0 spiro atoms. The zero-order chi connectivity index (χ0) is 38.5. The van der Waals surface area contributed by atoms with Crippen molar-refractivity contribution in [1.82, 2.24) is 24.6 Å². The van der Waals surface area contributed by atoms with Gasteiger partial charge < -0.3 is 25.2 Å². The van der Waals surface area contributed by atoms with Gasteiger partial charge in [-0.25, -0.2) is 14.1 Å². The van der Waals surface area contributed by atoms with Crippen molar-refractivity contribution in [2.75, 3.05) is 55.4 Å². The van der Waals surface area contributed by atoms with Gasteiger partial charge in [0.1, 0.15) is 11.3 Å². The van der Waals surface area contributed by atoms with E-state index in [9.17, 15) is 4.79 Å². The first-order chi connectivity index (χ1) is 27.4. The molecule has 0 unspecified atom stereocenters. The van der Waals surface area contributed by atoms with Gasteiger partial charge in [-0.05, 0) is 66.6 Å². The lowest BCUT2D eigenvalue weighted by atomic mass is 9.77. The Morgan fingerprint density at radius 3 is 1.98 bits per heavy atom. The molecule has 7 aromatic rings. The van der Waals surface area contributed by atoms with Gasteiger partial charge in [0, 0.05) is 37.3 Å².